The summed E-state index contributed by atoms with van der Waals surface area (Å²) in [6.45, 7) is 0.363. The van der Waals surface area contributed by atoms with E-state index in [0.717, 1.165) is 11.3 Å². The molecule has 2 rings (SSSR count). The van der Waals surface area contributed by atoms with E-state index in [0.29, 0.717) is 10.9 Å². The number of nitrogens with zero attached hydrogens (tertiary/aromatic N) is 2. The fraction of sp³-hybridized carbons (Fsp3) is 0.333. The van der Waals surface area contributed by atoms with Crippen LogP contribution in [0.15, 0.2) is 15.8 Å². The number of rotatable bonds is 2. The number of aromatic nitrogens is 1. The van der Waals surface area contributed by atoms with Crippen molar-refractivity contribution in [1.82, 2.24) is 9.88 Å². The van der Waals surface area contributed by atoms with Gasteiger partial charge in [-0.3, -0.25) is 4.90 Å². The second-order valence-corrected chi connectivity index (χ2v) is 5.17. The Morgan fingerprint density at radius 2 is 2.56 bits per heavy atom. The molecule has 1 aromatic rings. The lowest BCUT2D eigenvalue weighted by atomic mass is 10.1. The summed E-state index contributed by atoms with van der Waals surface area (Å²) in [5.41, 5.74) is 1.64. The summed E-state index contributed by atoms with van der Waals surface area (Å²) < 4.78 is 0.665. The molecule has 1 aliphatic heterocycles. The molecule has 7 heteroatoms. The molecule has 1 aromatic heterocycles. The van der Waals surface area contributed by atoms with Crippen LogP contribution >= 0.6 is 35.6 Å². The number of halogens is 1. The minimum atomic E-state index is -0.960. The van der Waals surface area contributed by atoms with Crippen LogP contribution in [0.2, 0.25) is 0 Å². The number of carboxylic acid groups (broad SMARTS) is 1. The first kappa shape index (κ1) is 11.8. The van der Waals surface area contributed by atoms with E-state index in [2.05, 4.69) is 17.6 Å². The lowest BCUT2D eigenvalue weighted by Gasteiger charge is -2.21. The lowest BCUT2D eigenvalue weighted by Crippen LogP contribution is -2.37. The third-order valence-electron chi connectivity index (χ3n) is 2.42. The van der Waals surface area contributed by atoms with E-state index in [9.17, 15) is 4.79 Å². The van der Waals surface area contributed by atoms with Crippen LogP contribution in [-0.2, 0) is 0 Å². The predicted molar refractivity (Wildman–Crippen MR) is 66.6 cm³/mol. The largest absolute Gasteiger partial charge is 0.465 e. The minimum absolute atomic E-state index is 0.234. The molecule has 0 saturated heterocycles. The first-order valence-electron chi connectivity index (χ1n) is 4.54. The van der Waals surface area contributed by atoms with Crippen molar-refractivity contribution in [2.24, 2.45) is 0 Å². The number of hydrogen-bond donors (Lipinski definition) is 2. The van der Waals surface area contributed by atoms with Crippen LogP contribution in [0.1, 0.15) is 5.69 Å². The summed E-state index contributed by atoms with van der Waals surface area (Å²) >= 11 is 11.4. The van der Waals surface area contributed by atoms with Crippen molar-refractivity contribution in [1.29, 1.82) is 0 Å². The van der Waals surface area contributed by atoms with Crippen molar-refractivity contribution < 1.29 is 9.90 Å². The fourth-order valence-electron chi connectivity index (χ4n) is 1.68. The number of thiazole rings is 1. The number of alkyl halides is 1. The SMILES string of the molecule is O=C(O)N1CC=C(c2csc(S)n2)[C@H]1CCl. The zero-order chi connectivity index (χ0) is 11.7. The van der Waals surface area contributed by atoms with Crippen LogP contribution in [-0.4, -0.2) is 39.6 Å². The molecule has 0 bridgehead atoms. The molecule has 0 saturated carbocycles. The average Bonchev–Trinajstić information content (AvgIpc) is 2.82. The average molecular weight is 277 g/mol. The standard InChI is InChI=1S/C9H9ClN2O2S2/c10-3-7-5(1-2-12(7)9(13)14)6-4-16-8(15)11-6/h1,4,7H,2-3H2,(H,11,15)(H,13,14)/t7-/m1/s1. The second kappa shape index (κ2) is 4.65. The Kier molecular flexibility index (Phi) is 3.41. The van der Waals surface area contributed by atoms with Gasteiger partial charge >= 0.3 is 6.09 Å². The van der Waals surface area contributed by atoms with E-state index in [1.165, 1.54) is 16.2 Å². The zero-order valence-corrected chi connectivity index (χ0v) is 10.6. The molecule has 4 nitrogen and oxygen atoms in total. The molecule has 0 unspecified atom stereocenters. The van der Waals surface area contributed by atoms with E-state index in [1.807, 2.05) is 11.5 Å². The predicted octanol–water partition coefficient (Wildman–Crippen LogP) is 2.42. The molecule has 1 amide bonds. The second-order valence-electron chi connectivity index (χ2n) is 3.28. The van der Waals surface area contributed by atoms with Crippen molar-refractivity contribution >= 4 is 47.2 Å². The first-order chi connectivity index (χ1) is 7.63. The summed E-state index contributed by atoms with van der Waals surface area (Å²) in [5.74, 6) is 0.234. The highest BCUT2D eigenvalue weighted by Crippen LogP contribution is 2.30. The number of carbonyl (C=O) groups is 1. The van der Waals surface area contributed by atoms with E-state index < -0.39 is 6.09 Å². The van der Waals surface area contributed by atoms with Crippen LogP contribution < -0.4 is 0 Å². The fourth-order valence-corrected chi connectivity index (χ4v) is 2.83. The lowest BCUT2D eigenvalue weighted by molar-refractivity contribution is 0.148. The van der Waals surface area contributed by atoms with Gasteiger partial charge in [-0.1, -0.05) is 6.08 Å². The van der Waals surface area contributed by atoms with E-state index >= 15 is 0 Å². The highest BCUT2D eigenvalue weighted by molar-refractivity contribution is 7.82. The molecular formula is C9H9ClN2O2S2. The van der Waals surface area contributed by atoms with Crippen molar-refractivity contribution in [3.8, 4) is 0 Å². The molecule has 2 heterocycles. The van der Waals surface area contributed by atoms with Crippen molar-refractivity contribution in [3.05, 3.63) is 17.2 Å². The van der Waals surface area contributed by atoms with E-state index in [4.69, 9.17) is 16.7 Å². The molecule has 0 fully saturated rings. The van der Waals surface area contributed by atoms with Crippen LogP contribution in [0.3, 0.4) is 0 Å². The summed E-state index contributed by atoms with van der Waals surface area (Å²) in [6.07, 6.45) is 0.891. The highest BCUT2D eigenvalue weighted by Gasteiger charge is 2.31. The molecule has 0 spiro atoms. The molecule has 0 aromatic carbocycles. The Bertz CT molecular complexity index is 446. The highest BCUT2D eigenvalue weighted by atomic mass is 35.5. The van der Waals surface area contributed by atoms with Gasteiger partial charge in [-0.15, -0.1) is 35.6 Å². The van der Waals surface area contributed by atoms with Gasteiger partial charge in [-0.2, -0.15) is 0 Å². The maximum atomic E-state index is 11.0. The van der Waals surface area contributed by atoms with Crippen LogP contribution in [0.5, 0.6) is 0 Å². The van der Waals surface area contributed by atoms with Gasteiger partial charge in [0.05, 0.1) is 11.7 Å². The number of thiol groups is 1. The maximum Gasteiger partial charge on any atom is 0.408 e. The zero-order valence-electron chi connectivity index (χ0n) is 8.13. The molecule has 1 aliphatic rings. The molecule has 0 radical (unpaired) electrons. The molecule has 1 atom stereocenters. The molecule has 16 heavy (non-hydrogen) atoms. The molecule has 0 aliphatic carbocycles. The van der Waals surface area contributed by atoms with Gasteiger partial charge < -0.3 is 5.11 Å². The van der Waals surface area contributed by atoms with Crippen molar-refractivity contribution in [2.75, 3.05) is 12.4 Å². The number of hydrogen-bond acceptors (Lipinski definition) is 4. The Morgan fingerprint density at radius 1 is 1.81 bits per heavy atom. The van der Waals surface area contributed by atoms with Gasteiger partial charge in [0.2, 0.25) is 0 Å². The Labute approximate surface area is 107 Å². The quantitative estimate of drug-likeness (QED) is 0.644. The van der Waals surface area contributed by atoms with Crippen molar-refractivity contribution in [2.45, 2.75) is 10.4 Å². The van der Waals surface area contributed by atoms with E-state index in [1.54, 1.807) is 0 Å². The molecule has 86 valence electrons. The minimum Gasteiger partial charge on any atom is -0.465 e. The summed E-state index contributed by atoms with van der Waals surface area (Å²) in [4.78, 5) is 16.5. The summed E-state index contributed by atoms with van der Waals surface area (Å²) in [5, 5.41) is 10.8. The first-order valence-corrected chi connectivity index (χ1v) is 6.40. The van der Waals surface area contributed by atoms with Crippen LogP contribution in [0, 0.1) is 0 Å². The number of amides is 1. The van der Waals surface area contributed by atoms with Gasteiger partial charge in [0.15, 0.2) is 0 Å². The van der Waals surface area contributed by atoms with Gasteiger partial charge in [-0.05, 0) is 0 Å². The third kappa shape index (κ3) is 2.05. The van der Waals surface area contributed by atoms with Crippen LogP contribution in [0.25, 0.3) is 5.57 Å². The Morgan fingerprint density at radius 3 is 3.06 bits per heavy atom. The normalized spacial score (nSPS) is 20.0. The van der Waals surface area contributed by atoms with Gasteiger partial charge in [0, 0.05) is 23.4 Å². The van der Waals surface area contributed by atoms with Gasteiger partial charge in [0.1, 0.15) is 4.34 Å². The topological polar surface area (TPSA) is 53.4 Å². The smallest absolute Gasteiger partial charge is 0.408 e. The third-order valence-corrected chi connectivity index (χ3v) is 3.77. The summed E-state index contributed by atoms with van der Waals surface area (Å²) in [6, 6.07) is -0.311. The molecule has 1 N–H and O–H groups in total. The monoisotopic (exact) mass is 276 g/mol. The Hall–Kier alpha value is -0.720. The van der Waals surface area contributed by atoms with Gasteiger partial charge in [0.25, 0.3) is 0 Å². The van der Waals surface area contributed by atoms with Gasteiger partial charge in [-0.25, -0.2) is 9.78 Å². The molecular weight excluding hydrogens is 268 g/mol. The van der Waals surface area contributed by atoms with E-state index in [-0.39, 0.29) is 11.9 Å². The maximum absolute atomic E-state index is 11.0. The summed E-state index contributed by atoms with van der Waals surface area (Å²) in [7, 11) is 0. The Balaban J connectivity index is 2.26. The van der Waals surface area contributed by atoms with Crippen LogP contribution in [0.4, 0.5) is 4.79 Å². The van der Waals surface area contributed by atoms with Crippen molar-refractivity contribution in [3.63, 3.8) is 0 Å².